The summed E-state index contributed by atoms with van der Waals surface area (Å²) in [5, 5.41) is 5.20. The fourth-order valence-electron chi connectivity index (χ4n) is 2.72. The molecular weight excluding hydrogens is 350 g/mol. The van der Waals surface area contributed by atoms with E-state index >= 15 is 0 Å². The second kappa shape index (κ2) is 8.31. The predicted octanol–water partition coefficient (Wildman–Crippen LogP) is 2.59. The molecule has 0 aliphatic rings. The zero-order chi connectivity index (χ0) is 20.1. The number of hydrogen-bond donors (Lipinski definition) is 3. The topological polar surface area (TPSA) is 117 Å². The van der Waals surface area contributed by atoms with E-state index < -0.39 is 18.5 Å². The van der Waals surface area contributed by atoms with Crippen LogP contribution in [0.25, 0.3) is 0 Å². The van der Waals surface area contributed by atoms with Crippen molar-refractivity contribution in [3.63, 3.8) is 0 Å². The lowest BCUT2D eigenvalue weighted by atomic mass is 10.1. The molecule has 0 spiro atoms. The van der Waals surface area contributed by atoms with E-state index in [2.05, 4.69) is 15.6 Å². The van der Waals surface area contributed by atoms with Gasteiger partial charge in [0.25, 0.3) is 5.91 Å². The number of Topliss-reactive ketones (excluding diaryl/α,β-unsaturated/α-hetero) is 1. The highest BCUT2D eigenvalue weighted by Gasteiger charge is 2.21. The van der Waals surface area contributed by atoms with Gasteiger partial charge in [0.1, 0.15) is 5.69 Å². The third kappa shape index (κ3) is 5.04. The van der Waals surface area contributed by atoms with Gasteiger partial charge < -0.3 is 20.4 Å². The summed E-state index contributed by atoms with van der Waals surface area (Å²) < 4.78 is 5.02. The van der Waals surface area contributed by atoms with Crippen LogP contribution in [0.4, 0.5) is 11.4 Å². The van der Waals surface area contributed by atoms with E-state index in [4.69, 9.17) is 4.74 Å². The summed E-state index contributed by atoms with van der Waals surface area (Å²) in [6, 6.07) is 6.50. The molecule has 0 aliphatic heterocycles. The monoisotopic (exact) mass is 371 g/mol. The van der Waals surface area contributed by atoms with Crippen molar-refractivity contribution in [3.8, 4) is 0 Å². The van der Waals surface area contributed by atoms with Gasteiger partial charge >= 0.3 is 5.97 Å². The first-order chi connectivity index (χ1) is 12.7. The van der Waals surface area contributed by atoms with Crippen molar-refractivity contribution in [3.05, 3.63) is 46.8 Å². The van der Waals surface area contributed by atoms with Gasteiger partial charge in [-0.2, -0.15) is 0 Å². The Balaban J connectivity index is 1.94. The van der Waals surface area contributed by atoms with Gasteiger partial charge in [0.15, 0.2) is 12.4 Å². The average Bonchev–Trinajstić information content (AvgIpc) is 2.88. The molecule has 0 fully saturated rings. The molecule has 2 amide bonds. The van der Waals surface area contributed by atoms with Crippen LogP contribution in [0.1, 0.15) is 46.0 Å². The third-order valence-electron chi connectivity index (χ3n) is 3.82. The number of nitrogens with one attached hydrogen (secondary N) is 3. The fourth-order valence-corrected chi connectivity index (χ4v) is 2.72. The number of anilines is 2. The Morgan fingerprint density at radius 2 is 1.52 bits per heavy atom. The number of carbonyl (C=O) groups is 4. The number of aromatic amines is 1. The standard InChI is InChI=1S/C19H21N3O5/c1-10-17(12(3)23)11(2)20-18(10)19(26)27-9-16(25)22-15-7-5-14(6-8-15)21-13(4)24/h5-8,20H,9H2,1-4H3,(H,21,24)(H,22,25). The molecule has 0 radical (unpaired) electrons. The second-order valence-corrected chi connectivity index (χ2v) is 6.06. The normalized spacial score (nSPS) is 10.2. The van der Waals surface area contributed by atoms with Crippen LogP contribution in [0.15, 0.2) is 24.3 Å². The molecule has 0 saturated heterocycles. The number of aromatic nitrogens is 1. The minimum absolute atomic E-state index is 0.152. The second-order valence-electron chi connectivity index (χ2n) is 6.06. The predicted molar refractivity (Wildman–Crippen MR) is 99.9 cm³/mol. The molecule has 1 aromatic heterocycles. The van der Waals surface area contributed by atoms with Crippen molar-refractivity contribution in [1.82, 2.24) is 4.98 Å². The van der Waals surface area contributed by atoms with Crippen molar-refractivity contribution < 1.29 is 23.9 Å². The maximum Gasteiger partial charge on any atom is 0.355 e. The molecule has 0 atom stereocenters. The number of aryl methyl sites for hydroxylation is 1. The van der Waals surface area contributed by atoms with Crippen LogP contribution < -0.4 is 10.6 Å². The number of H-pyrrole nitrogens is 1. The molecule has 8 heteroatoms. The number of esters is 1. The van der Waals surface area contributed by atoms with Gasteiger partial charge in [-0.05, 0) is 50.6 Å². The van der Waals surface area contributed by atoms with E-state index in [1.165, 1.54) is 13.8 Å². The van der Waals surface area contributed by atoms with E-state index in [1.54, 1.807) is 38.1 Å². The van der Waals surface area contributed by atoms with Crippen molar-refractivity contribution >= 4 is 34.9 Å². The lowest BCUT2D eigenvalue weighted by Crippen LogP contribution is -2.21. The van der Waals surface area contributed by atoms with Crippen LogP contribution in [0, 0.1) is 13.8 Å². The molecule has 1 heterocycles. The van der Waals surface area contributed by atoms with Gasteiger partial charge in [-0.1, -0.05) is 0 Å². The van der Waals surface area contributed by atoms with Crippen molar-refractivity contribution in [1.29, 1.82) is 0 Å². The number of carbonyl (C=O) groups excluding carboxylic acids is 4. The zero-order valence-electron chi connectivity index (χ0n) is 15.6. The van der Waals surface area contributed by atoms with Gasteiger partial charge in [-0.15, -0.1) is 0 Å². The summed E-state index contributed by atoms with van der Waals surface area (Å²) in [5.74, 6) is -1.56. The molecular formula is C19H21N3O5. The fraction of sp³-hybridized carbons (Fsp3) is 0.263. The smallest absolute Gasteiger partial charge is 0.355 e. The SMILES string of the molecule is CC(=O)Nc1ccc(NC(=O)COC(=O)c2[nH]c(C)c(C(C)=O)c2C)cc1. The molecule has 2 aromatic rings. The minimum atomic E-state index is -0.709. The maximum atomic E-state index is 12.2. The number of rotatable bonds is 6. The molecule has 3 N–H and O–H groups in total. The lowest BCUT2D eigenvalue weighted by molar-refractivity contribution is -0.119. The maximum absolute atomic E-state index is 12.2. The third-order valence-corrected chi connectivity index (χ3v) is 3.82. The Hall–Kier alpha value is -3.42. The Bertz CT molecular complexity index is 897. The Morgan fingerprint density at radius 1 is 0.963 bits per heavy atom. The summed E-state index contributed by atoms with van der Waals surface area (Å²) in [6.45, 7) is 5.68. The summed E-state index contributed by atoms with van der Waals surface area (Å²) in [5.41, 5.74) is 2.78. The largest absolute Gasteiger partial charge is 0.451 e. The summed E-state index contributed by atoms with van der Waals surface area (Å²) in [6.07, 6.45) is 0. The van der Waals surface area contributed by atoms with Crippen molar-refractivity contribution in [2.75, 3.05) is 17.2 Å². The van der Waals surface area contributed by atoms with Crippen LogP contribution in [0.3, 0.4) is 0 Å². The molecule has 0 aliphatic carbocycles. The molecule has 142 valence electrons. The molecule has 2 rings (SSSR count). The number of benzene rings is 1. The van der Waals surface area contributed by atoms with Crippen molar-refractivity contribution in [2.45, 2.75) is 27.7 Å². The van der Waals surface area contributed by atoms with Crippen LogP contribution in [-0.2, 0) is 14.3 Å². The van der Waals surface area contributed by atoms with Gasteiger partial charge in [0.2, 0.25) is 5.91 Å². The summed E-state index contributed by atoms with van der Waals surface area (Å²) >= 11 is 0. The van der Waals surface area contributed by atoms with Crippen LogP contribution in [-0.4, -0.2) is 35.2 Å². The van der Waals surface area contributed by atoms with Gasteiger partial charge in [0, 0.05) is 29.6 Å². The molecule has 8 nitrogen and oxygen atoms in total. The number of ketones is 1. The highest BCUT2D eigenvalue weighted by atomic mass is 16.5. The van der Waals surface area contributed by atoms with Gasteiger partial charge in [-0.3, -0.25) is 14.4 Å². The summed E-state index contributed by atoms with van der Waals surface area (Å²) in [7, 11) is 0. The molecule has 0 bridgehead atoms. The summed E-state index contributed by atoms with van der Waals surface area (Å²) in [4.78, 5) is 49.5. The molecule has 0 saturated carbocycles. The zero-order valence-corrected chi connectivity index (χ0v) is 15.6. The Labute approximate surface area is 156 Å². The van der Waals surface area contributed by atoms with Gasteiger partial charge in [-0.25, -0.2) is 4.79 Å². The molecule has 1 aromatic carbocycles. The average molecular weight is 371 g/mol. The number of amides is 2. The highest BCUT2D eigenvalue weighted by Crippen LogP contribution is 2.19. The highest BCUT2D eigenvalue weighted by molar-refractivity contribution is 6.02. The van der Waals surface area contributed by atoms with E-state index in [1.807, 2.05) is 0 Å². The van der Waals surface area contributed by atoms with Crippen LogP contribution >= 0.6 is 0 Å². The van der Waals surface area contributed by atoms with E-state index in [9.17, 15) is 19.2 Å². The Morgan fingerprint density at radius 3 is 2.00 bits per heavy atom. The number of hydrogen-bond acceptors (Lipinski definition) is 5. The van der Waals surface area contributed by atoms with Crippen LogP contribution in [0.5, 0.6) is 0 Å². The molecule has 27 heavy (non-hydrogen) atoms. The number of ether oxygens (including phenoxy) is 1. The quantitative estimate of drug-likeness (QED) is 0.533. The van der Waals surface area contributed by atoms with E-state index in [-0.39, 0.29) is 17.4 Å². The van der Waals surface area contributed by atoms with E-state index in [0.29, 0.717) is 28.2 Å². The van der Waals surface area contributed by atoms with E-state index in [0.717, 1.165) is 0 Å². The lowest BCUT2D eigenvalue weighted by Gasteiger charge is -2.08. The first kappa shape index (κ1) is 19.9. The molecule has 0 unspecified atom stereocenters. The van der Waals surface area contributed by atoms with Crippen molar-refractivity contribution in [2.24, 2.45) is 0 Å². The first-order valence-electron chi connectivity index (χ1n) is 8.23. The van der Waals surface area contributed by atoms with Gasteiger partial charge in [0.05, 0.1) is 0 Å². The first-order valence-corrected chi connectivity index (χ1v) is 8.23. The Kier molecular flexibility index (Phi) is 6.12. The minimum Gasteiger partial charge on any atom is -0.451 e. The van der Waals surface area contributed by atoms with Crippen LogP contribution in [0.2, 0.25) is 0 Å².